The van der Waals surface area contributed by atoms with Crippen molar-refractivity contribution < 1.29 is 0 Å². The van der Waals surface area contributed by atoms with Gasteiger partial charge in [0.15, 0.2) is 0 Å². The summed E-state index contributed by atoms with van der Waals surface area (Å²) in [4.78, 5) is 0. The molecule has 0 aromatic heterocycles. The first-order valence-electron chi connectivity index (χ1n) is 5.13. The molecule has 0 heterocycles. The maximum absolute atomic E-state index is 3.69. The first-order chi connectivity index (χ1) is 6.96. The average molecular weight is 228 g/mol. The molecule has 0 fully saturated rings. The summed E-state index contributed by atoms with van der Waals surface area (Å²) in [5.74, 6) is 0. The molecule has 0 aromatic rings. The van der Waals surface area contributed by atoms with Gasteiger partial charge in [0, 0.05) is 13.1 Å². The molecule has 0 rings (SSSR count). The van der Waals surface area contributed by atoms with Crippen molar-refractivity contribution in [1.29, 1.82) is 0 Å². The first-order valence-corrected chi connectivity index (χ1v) is 8.02. The predicted octanol–water partition coefficient (Wildman–Crippen LogP) is 0.933. The van der Waals surface area contributed by atoms with Crippen LogP contribution >= 0.6 is 0 Å². The van der Waals surface area contributed by atoms with E-state index < -0.39 is 8.40 Å². The van der Waals surface area contributed by atoms with E-state index in [4.69, 9.17) is 0 Å². The van der Waals surface area contributed by atoms with E-state index in [9.17, 15) is 0 Å². The van der Waals surface area contributed by atoms with Crippen LogP contribution in [0, 0.1) is 0 Å². The van der Waals surface area contributed by atoms with Gasteiger partial charge in [0.25, 0.3) is 0 Å². The second-order valence-electron chi connectivity index (χ2n) is 3.91. The van der Waals surface area contributed by atoms with Crippen molar-refractivity contribution in [2.75, 3.05) is 27.2 Å². The number of nitrogens with zero attached hydrogens (tertiary/aromatic N) is 2. The highest BCUT2D eigenvalue weighted by Gasteiger charge is 2.31. The van der Waals surface area contributed by atoms with Crippen molar-refractivity contribution in [3.8, 4) is 0 Å². The van der Waals surface area contributed by atoms with Gasteiger partial charge in [-0.25, -0.2) is 0 Å². The van der Waals surface area contributed by atoms with Gasteiger partial charge in [-0.3, -0.25) is 20.2 Å². The summed E-state index contributed by atoms with van der Waals surface area (Å²) in [6.07, 6.45) is 3.72. The van der Waals surface area contributed by atoms with E-state index in [1.54, 1.807) is 0 Å². The van der Waals surface area contributed by atoms with Gasteiger partial charge in [-0.2, -0.15) is 0 Å². The fraction of sp³-hybridized carbons (Fsp3) is 0.600. The van der Waals surface area contributed by atoms with Crippen LogP contribution in [-0.4, -0.2) is 44.9 Å². The Kier molecular flexibility index (Phi) is 6.70. The average Bonchev–Trinajstić information content (AvgIpc) is 2.21. The molecule has 88 valence electrons. The molecular formula is C10H24N4Si. The lowest BCUT2D eigenvalue weighted by Crippen LogP contribution is -2.66. The molecule has 0 aliphatic rings. The van der Waals surface area contributed by atoms with Crippen LogP contribution in [0.5, 0.6) is 0 Å². The molecule has 0 aliphatic heterocycles. The molecule has 0 amide bonds. The van der Waals surface area contributed by atoms with E-state index in [0.29, 0.717) is 0 Å². The number of nitrogens with one attached hydrogen (secondary N) is 2. The quantitative estimate of drug-likeness (QED) is 0.368. The van der Waals surface area contributed by atoms with Gasteiger partial charge in [-0.05, 0) is 27.2 Å². The Bertz CT molecular complexity index is 186. The second-order valence-corrected chi connectivity index (χ2v) is 8.24. The molecule has 0 saturated carbocycles. The van der Waals surface area contributed by atoms with Crippen LogP contribution in [-0.2, 0) is 0 Å². The zero-order valence-corrected chi connectivity index (χ0v) is 11.4. The Morgan fingerprint density at radius 3 is 1.60 bits per heavy atom. The Hall–Kier alpha value is -0.463. The van der Waals surface area contributed by atoms with Crippen LogP contribution in [0.15, 0.2) is 25.3 Å². The third-order valence-corrected chi connectivity index (χ3v) is 6.19. The van der Waals surface area contributed by atoms with E-state index in [-0.39, 0.29) is 0 Å². The van der Waals surface area contributed by atoms with Crippen LogP contribution in [0.2, 0.25) is 13.1 Å². The third-order valence-electron chi connectivity index (χ3n) is 2.59. The highest BCUT2D eigenvalue weighted by molar-refractivity contribution is 6.71. The van der Waals surface area contributed by atoms with Crippen LogP contribution < -0.4 is 10.9 Å². The van der Waals surface area contributed by atoms with Crippen LogP contribution in [0.1, 0.15) is 0 Å². The molecule has 15 heavy (non-hydrogen) atoms. The summed E-state index contributed by atoms with van der Waals surface area (Å²) in [6, 6.07) is 0. The second kappa shape index (κ2) is 6.92. The van der Waals surface area contributed by atoms with Crippen molar-refractivity contribution in [3.05, 3.63) is 25.3 Å². The molecule has 0 radical (unpaired) electrons. The standard InChI is InChI=1S/C10H24N4Si/c1-7-9-11-13(3)15(5,6)14(4)12-10-8-2/h7-8,11-12H,1-2,9-10H2,3-6H3. The van der Waals surface area contributed by atoms with Gasteiger partial charge < -0.3 is 0 Å². The molecule has 0 aromatic carbocycles. The Balaban J connectivity index is 4.22. The zero-order valence-electron chi connectivity index (χ0n) is 10.4. The van der Waals surface area contributed by atoms with Gasteiger partial charge in [0.2, 0.25) is 8.40 Å². The van der Waals surface area contributed by atoms with Crippen molar-refractivity contribution in [2.24, 2.45) is 0 Å². The monoisotopic (exact) mass is 228 g/mol. The Morgan fingerprint density at radius 1 is 1.00 bits per heavy atom. The minimum Gasteiger partial charge on any atom is -0.257 e. The summed E-state index contributed by atoms with van der Waals surface area (Å²) in [5, 5.41) is 0. The zero-order chi connectivity index (χ0) is 11.9. The molecule has 5 heteroatoms. The molecule has 0 unspecified atom stereocenters. The summed E-state index contributed by atoms with van der Waals surface area (Å²) in [5.41, 5.74) is 6.60. The van der Waals surface area contributed by atoms with Crippen LogP contribution in [0.4, 0.5) is 0 Å². The van der Waals surface area contributed by atoms with E-state index in [1.807, 2.05) is 12.2 Å². The molecule has 4 nitrogen and oxygen atoms in total. The van der Waals surface area contributed by atoms with Gasteiger partial charge in [-0.1, -0.05) is 12.2 Å². The smallest absolute Gasteiger partial charge is 0.227 e. The van der Waals surface area contributed by atoms with Gasteiger partial charge >= 0.3 is 0 Å². The van der Waals surface area contributed by atoms with E-state index >= 15 is 0 Å². The van der Waals surface area contributed by atoms with Crippen molar-refractivity contribution in [3.63, 3.8) is 0 Å². The van der Waals surface area contributed by atoms with Gasteiger partial charge in [-0.15, -0.1) is 13.2 Å². The summed E-state index contributed by atoms with van der Waals surface area (Å²) >= 11 is 0. The van der Waals surface area contributed by atoms with Crippen molar-refractivity contribution >= 4 is 8.40 Å². The molecule has 0 aliphatic carbocycles. The number of rotatable bonds is 8. The van der Waals surface area contributed by atoms with E-state index in [0.717, 1.165) is 13.1 Å². The fourth-order valence-corrected chi connectivity index (χ4v) is 2.42. The minimum absolute atomic E-state index is 0.794. The van der Waals surface area contributed by atoms with Crippen LogP contribution in [0.25, 0.3) is 0 Å². The largest absolute Gasteiger partial charge is 0.257 e. The van der Waals surface area contributed by atoms with Gasteiger partial charge in [0.1, 0.15) is 0 Å². The lowest BCUT2D eigenvalue weighted by Gasteiger charge is -2.40. The summed E-state index contributed by atoms with van der Waals surface area (Å²) in [6.45, 7) is 13.5. The molecule has 0 saturated heterocycles. The Labute approximate surface area is 94.7 Å². The maximum Gasteiger partial charge on any atom is 0.227 e. The molecular weight excluding hydrogens is 204 g/mol. The number of hydrogen-bond acceptors (Lipinski definition) is 4. The number of hydrazine groups is 2. The topological polar surface area (TPSA) is 30.5 Å². The van der Waals surface area contributed by atoms with Crippen molar-refractivity contribution in [2.45, 2.75) is 13.1 Å². The number of hydrogen-bond donors (Lipinski definition) is 2. The molecule has 0 spiro atoms. The fourth-order valence-electron chi connectivity index (χ4n) is 1.01. The minimum atomic E-state index is -1.64. The predicted molar refractivity (Wildman–Crippen MR) is 69.4 cm³/mol. The molecule has 0 atom stereocenters. The van der Waals surface area contributed by atoms with E-state index in [2.05, 4.69) is 60.5 Å². The van der Waals surface area contributed by atoms with E-state index in [1.165, 1.54) is 0 Å². The molecule has 2 N–H and O–H groups in total. The normalized spacial score (nSPS) is 12.1. The SMILES string of the molecule is C=CCNN(C)[Si](C)(C)N(C)NCC=C. The summed E-state index contributed by atoms with van der Waals surface area (Å²) in [7, 11) is 2.51. The lowest BCUT2D eigenvalue weighted by molar-refractivity contribution is 0.293. The highest BCUT2D eigenvalue weighted by Crippen LogP contribution is 2.07. The first kappa shape index (κ1) is 14.5. The lowest BCUT2D eigenvalue weighted by atomic mass is 10.7. The summed E-state index contributed by atoms with van der Waals surface area (Å²) < 4.78 is 4.37. The molecule has 0 bridgehead atoms. The third kappa shape index (κ3) is 4.72. The maximum atomic E-state index is 3.69. The Morgan fingerprint density at radius 2 is 1.33 bits per heavy atom. The highest BCUT2D eigenvalue weighted by atomic mass is 28.3. The van der Waals surface area contributed by atoms with Crippen molar-refractivity contribution in [1.82, 2.24) is 20.2 Å². The van der Waals surface area contributed by atoms with Gasteiger partial charge in [0.05, 0.1) is 0 Å². The van der Waals surface area contributed by atoms with Crippen LogP contribution in [0.3, 0.4) is 0 Å².